The minimum absolute atomic E-state index is 0.125. The molecule has 1 fully saturated rings. The summed E-state index contributed by atoms with van der Waals surface area (Å²) < 4.78 is 5.34. The van der Waals surface area contributed by atoms with Crippen LogP contribution in [0.15, 0.2) is 28.6 Å². The SMILES string of the molecule is CCOc1cc(C=C2SC(=N)C(c3nccs3)C2=O)cc(Cl)c1O. The zero-order valence-corrected chi connectivity index (χ0v) is 15.0. The Morgan fingerprint density at radius 1 is 1.50 bits per heavy atom. The zero-order chi connectivity index (χ0) is 17.3. The third-order valence-corrected chi connectivity index (χ3v) is 5.46. The predicted molar refractivity (Wildman–Crippen MR) is 97.4 cm³/mol. The third kappa shape index (κ3) is 3.19. The van der Waals surface area contributed by atoms with Crippen LogP contribution in [0.3, 0.4) is 0 Å². The van der Waals surface area contributed by atoms with Crippen molar-refractivity contribution in [3.05, 3.63) is 44.2 Å². The molecule has 0 radical (unpaired) electrons. The van der Waals surface area contributed by atoms with E-state index in [-0.39, 0.29) is 27.3 Å². The lowest BCUT2D eigenvalue weighted by molar-refractivity contribution is -0.114. The molecule has 0 aliphatic carbocycles. The van der Waals surface area contributed by atoms with E-state index in [1.807, 2.05) is 0 Å². The van der Waals surface area contributed by atoms with Crippen molar-refractivity contribution in [2.45, 2.75) is 12.8 Å². The standard InChI is InChI=1S/C16H13ClN2O3S2/c1-2-22-10-6-8(5-9(17)13(10)20)7-11-14(21)12(15(18)24-11)16-19-3-4-23-16/h3-7,12,18,20H,2H2,1H3. The summed E-state index contributed by atoms with van der Waals surface area (Å²) in [4.78, 5) is 17.2. The highest BCUT2D eigenvalue weighted by atomic mass is 35.5. The van der Waals surface area contributed by atoms with E-state index in [4.69, 9.17) is 21.7 Å². The van der Waals surface area contributed by atoms with Crippen LogP contribution in [0, 0.1) is 5.41 Å². The predicted octanol–water partition coefficient (Wildman–Crippen LogP) is 4.32. The Kier molecular flexibility index (Phi) is 4.93. The van der Waals surface area contributed by atoms with E-state index in [0.29, 0.717) is 22.1 Å². The van der Waals surface area contributed by atoms with Crippen molar-refractivity contribution >= 4 is 51.6 Å². The highest BCUT2D eigenvalue weighted by molar-refractivity contribution is 8.19. The first kappa shape index (κ1) is 17.0. The van der Waals surface area contributed by atoms with Crippen molar-refractivity contribution in [2.24, 2.45) is 0 Å². The van der Waals surface area contributed by atoms with E-state index in [0.717, 1.165) is 11.8 Å². The molecule has 3 rings (SSSR count). The van der Waals surface area contributed by atoms with Gasteiger partial charge in [-0.05, 0) is 30.7 Å². The molecule has 24 heavy (non-hydrogen) atoms. The number of thiazole rings is 1. The van der Waals surface area contributed by atoms with Gasteiger partial charge in [-0.1, -0.05) is 23.4 Å². The van der Waals surface area contributed by atoms with Gasteiger partial charge in [0.1, 0.15) is 10.9 Å². The lowest BCUT2D eigenvalue weighted by Gasteiger charge is -2.08. The number of halogens is 1. The van der Waals surface area contributed by atoms with E-state index >= 15 is 0 Å². The van der Waals surface area contributed by atoms with Crippen LogP contribution in [0.1, 0.15) is 23.4 Å². The fourth-order valence-electron chi connectivity index (χ4n) is 2.28. The molecule has 1 aromatic heterocycles. The molecular weight excluding hydrogens is 368 g/mol. The average Bonchev–Trinajstić information content (AvgIpc) is 3.13. The first-order valence-electron chi connectivity index (χ1n) is 7.08. The van der Waals surface area contributed by atoms with Gasteiger partial charge in [-0.15, -0.1) is 11.3 Å². The Bertz CT molecular complexity index is 834. The summed E-state index contributed by atoms with van der Waals surface area (Å²) in [6.45, 7) is 2.18. The summed E-state index contributed by atoms with van der Waals surface area (Å²) in [5.74, 6) is -0.638. The Morgan fingerprint density at radius 2 is 2.29 bits per heavy atom. The average molecular weight is 381 g/mol. The Morgan fingerprint density at radius 3 is 2.96 bits per heavy atom. The number of phenolic OH excluding ortho intramolecular Hbond substituents is 1. The summed E-state index contributed by atoms with van der Waals surface area (Å²) in [5.41, 5.74) is 0.629. The number of hydrogen-bond acceptors (Lipinski definition) is 7. The lowest BCUT2D eigenvalue weighted by atomic mass is 10.0. The minimum Gasteiger partial charge on any atom is -0.503 e. The molecule has 1 aliphatic rings. The number of phenols is 1. The van der Waals surface area contributed by atoms with Gasteiger partial charge in [0.2, 0.25) is 0 Å². The molecule has 8 heteroatoms. The number of ether oxygens (including phenoxy) is 1. The van der Waals surface area contributed by atoms with Gasteiger partial charge in [0.25, 0.3) is 0 Å². The normalized spacial score (nSPS) is 19.2. The van der Waals surface area contributed by atoms with Crippen molar-refractivity contribution < 1.29 is 14.6 Å². The fourth-order valence-corrected chi connectivity index (χ4v) is 4.31. The molecule has 124 valence electrons. The Hall–Kier alpha value is -1.83. The van der Waals surface area contributed by atoms with Gasteiger partial charge in [0, 0.05) is 11.6 Å². The number of aromatic nitrogens is 1. The molecular formula is C16H13ClN2O3S2. The van der Waals surface area contributed by atoms with Crippen molar-refractivity contribution in [3.8, 4) is 11.5 Å². The lowest BCUT2D eigenvalue weighted by Crippen LogP contribution is -2.11. The van der Waals surface area contributed by atoms with E-state index in [9.17, 15) is 9.90 Å². The smallest absolute Gasteiger partial charge is 0.186 e. The number of thioether (sulfide) groups is 1. The second-order valence-electron chi connectivity index (χ2n) is 4.92. The molecule has 0 saturated carbocycles. The number of allylic oxidation sites excluding steroid dienone is 1. The van der Waals surface area contributed by atoms with Crippen molar-refractivity contribution in [3.63, 3.8) is 0 Å². The van der Waals surface area contributed by atoms with Gasteiger partial charge in [0.05, 0.1) is 21.6 Å². The summed E-state index contributed by atoms with van der Waals surface area (Å²) in [6, 6.07) is 3.17. The van der Waals surface area contributed by atoms with E-state index in [2.05, 4.69) is 4.98 Å². The molecule has 2 aromatic rings. The van der Waals surface area contributed by atoms with Crippen LogP contribution >= 0.6 is 34.7 Å². The summed E-state index contributed by atoms with van der Waals surface area (Å²) in [5, 5.41) is 20.8. The number of rotatable bonds is 4. The van der Waals surface area contributed by atoms with Crippen LogP contribution in [0.4, 0.5) is 0 Å². The molecule has 1 unspecified atom stereocenters. The first-order valence-corrected chi connectivity index (χ1v) is 9.15. The van der Waals surface area contributed by atoms with Crippen molar-refractivity contribution in [1.29, 1.82) is 5.41 Å². The van der Waals surface area contributed by atoms with Gasteiger partial charge in [0.15, 0.2) is 17.3 Å². The highest BCUT2D eigenvalue weighted by Crippen LogP contribution is 2.42. The Balaban J connectivity index is 1.95. The van der Waals surface area contributed by atoms with E-state index in [1.165, 1.54) is 11.3 Å². The molecule has 0 amide bonds. The number of aromatic hydroxyl groups is 1. The molecule has 1 atom stereocenters. The van der Waals surface area contributed by atoms with Crippen LogP contribution in [0.5, 0.6) is 11.5 Å². The monoisotopic (exact) mass is 380 g/mol. The second-order valence-corrected chi connectivity index (χ2v) is 7.34. The molecule has 1 saturated heterocycles. The summed E-state index contributed by atoms with van der Waals surface area (Å²) in [7, 11) is 0. The number of nitrogens with one attached hydrogen (secondary N) is 1. The number of hydrogen-bond donors (Lipinski definition) is 2. The van der Waals surface area contributed by atoms with E-state index in [1.54, 1.807) is 36.7 Å². The molecule has 5 nitrogen and oxygen atoms in total. The number of ketones is 1. The maximum atomic E-state index is 12.6. The summed E-state index contributed by atoms with van der Waals surface area (Å²) in [6.07, 6.45) is 3.28. The van der Waals surface area contributed by atoms with Crippen molar-refractivity contribution in [1.82, 2.24) is 4.98 Å². The third-order valence-electron chi connectivity index (χ3n) is 3.33. The van der Waals surface area contributed by atoms with Gasteiger partial charge >= 0.3 is 0 Å². The number of nitrogens with zero attached hydrogens (tertiary/aromatic N) is 1. The Labute approximate surface area is 151 Å². The maximum absolute atomic E-state index is 12.6. The van der Waals surface area contributed by atoms with Gasteiger partial charge in [-0.3, -0.25) is 10.2 Å². The zero-order valence-electron chi connectivity index (χ0n) is 12.6. The number of Topliss-reactive ketones (excluding diaryl/α,β-unsaturated/α-hetero) is 1. The number of carbonyl (C=O) groups is 1. The largest absolute Gasteiger partial charge is 0.503 e. The number of benzene rings is 1. The molecule has 1 aromatic carbocycles. The summed E-state index contributed by atoms with van der Waals surface area (Å²) >= 11 is 8.49. The van der Waals surface area contributed by atoms with Gasteiger partial charge < -0.3 is 9.84 Å². The highest BCUT2D eigenvalue weighted by Gasteiger charge is 2.38. The number of carbonyl (C=O) groups excluding carboxylic acids is 1. The second kappa shape index (κ2) is 6.96. The topological polar surface area (TPSA) is 83.3 Å². The van der Waals surface area contributed by atoms with Gasteiger partial charge in [-0.2, -0.15) is 0 Å². The molecule has 1 aliphatic heterocycles. The van der Waals surface area contributed by atoms with E-state index < -0.39 is 5.92 Å². The van der Waals surface area contributed by atoms with Crippen molar-refractivity contribution in [2.75, 3.05) is 6.61 Å². The fraction of sp³-hybridized carbons (Fsp3) is 0.188. The quantitative estimate of drug-likeness (QED) is 0.772. The van der Waals surface area contributed by atoms with Crippen LogP contribution in [-0.2, 0) is 4.79 Å². The minimum atomic E-state index is -0.625. The first-order chi connectivity index (χ1) is 11.5. The maximum Gasteiger partial charge on any atom is 0.186 e. The van der Waals surface area contributed by atoms with Gasteiger partial charge in [-0.25, -0.2) is 4.98 Å². The molecule has 0 spiro atoms. The van der Waals surface area contributed by atoms with Crippen LogP contribution < -0.4 is 4.74 Å². The van der Waals surface area contributed by atoms with Crippen LogP contribution in [0.2, 0.25) is 5.02 Å². The molecule has 0 bridgehead atoms. The van der Waals surface area contributed by atoms with Crippen LogP contribution in [0.25, 0.3) is 6.08 Å². The molecule has 2 N–H and O–H groups in total. The van der Waals surface area contributed by atoms with Crippen LogP contribution in [-0.4, -0.2) is 27.5 Å². The molecule has 2 heterocycles.